The summed E-state index contributed by atoms with van der Waals surface area (Å²) in [6.07, 6.45) is 1.76. The topological polar surface area (TPSA) is 50.8 Å². The van der Waals surface area contributed by atoms with Gasteiger partial charge in [-0.3, -0.25) is 5.10 Å². The minimum absolute atomic E-state index is 0.275. The number of aromatic nitrogens is 3. The number of hydrogen-bond donors (Lipinski definition) is 1. The number of nitrogens with zero attached hydrogens (tertiary/aromatic N) is 2. The molecule has 1 heterocycles. The lowest BCUT2D eigenvalue weighted by molar-refractivity contribution is 0.194. The third-order valence-corrected chi connectivity index (χ3v) is 1.44. The quantitative estimate of drug-likeness (QED) is 0.696. The second-order valence-electron chi connectivity index (χ2n) is 2.15. The van der Waals surface area contributed by atoms with Gasteiger partial charge in [-0.2, -0.15) is 0 Å². The Kier molecular flexibility index (Phi) is 3.32. The molecule has 0 radical (unpaired) electrons. The molecule has 62 valence electrons. The third kappa shape index (κ3) is 2.86. The molecule has 0 saturated carbocycles. The fourth-order valence-corrected chi connectivity index (χ4v) is 0.912. The predicted octanol–water partition coefficient (Wildman–Crippen LogP) is 1.04. The van der Waals surface area contributed by atoms with E-state index in [1.165, 1.54) is 0 Å². The van der Waals surface area contributed by atoms with Gasteiger partial charge >= 0.3 is 0 Å². The molecule has 0 unspecified atom stereocenters. The van der Waals surface area contributed by atoms with Crippen LogP contribution < -0.4 is 0 Å². The number of methoxy groups -OCH3 is 1. The zero-order valence-corrected chi connectivity index (χ0v) is 7.06. The van der Waals surface area contributed by atoms with Gasteiger partial charge in [0.05, 0.1) is 0 Å². The van der Waals surface area contributed by atoms with Crippen LogP contribution in [0, 0.1) is 0 Å². The van der Waals surface area contributed by atoms with Crippen molar-refractivity contribution in [1.82, 2.24) is 15.2 Å². The summed E-state index contributed by atoms with van der Waals surface area (Å²) < 4.78 is 4.88. The molecule has 0 saturated heterocycles. The molecule has 0 aliphatic rings. The van der Waals surface area contributed by atoms with E-state index in [4.69, 9.17) is 16.3 Å². The van der Waals surface area contributed by atoms with Gasteiger partial charge in [-0.1, -0.05) is 0 Å². The maximum absolute atomic E-state index is 5.49. The predicted molar refractivity (Wildman–Crippen MR) is 41.6 cm³/mol. The summed E-state index contributed by atoms with van der Waals surface area (Å²) in [5, 5.41) is 6.67. The van der Waals surface area contributed by atoms with Crippen LogP contribution in [0.4, 0.5) is 0 Å². The molecule has 0 aliphatic carbocycles. The summed E-state index contributed by atoms with van der Waals surface area (Å²) in [4.78, 5) is 3.93. The van der Waals surface area contributed by atoms with Gasteiger partial charge in [0, 0.05) is 20.1 Å². The van der Waals surface area contributed by atoms with Crippen molar-refractivity contribution < 1.29 is 4.74 Å². The monoisotopic (exact) mass is 175 g/mol. The first kappa shape index (κ1) is 8.49. The van der Waals surface area contributed by atoms with E-state index in [0.717, 1.165) is 25.3 Å². The first-order valence-corrected chi connectivity index (χ1v) is 3.76. The van der Waals surface area contributed by atoms with Gasteiger partial charge in [-0.15, -0.1) is 5.10 Å². The molecule has 1 rings (SSSR count). The fraction of sp³-hybridized carbons (Fsp3) is 0.667. The lowest BCUT2D eigenvalue weighted by Gasteiger charge is -1.94. The third-order valence-electron chi connectivity index (χ3n) is 1.27. The van der Waals surface area contributed by atoms with E-state index in [0.29, 0.717) is 0 Å². The molecule has 1 N–H and O–H groups in total. The van der Waals surface area contributed by atoms with E-state index < -0.39 is 0 Å². The SMILES string of the molecule is COCCCc1nc(Cl)n[nH]1. The number of ether oxygens (including phenoxy) is 1. The Hall–Kier alpha value is -0.610. The second-order valence-corrected chi connectivity index (χ2v) is 2.49. The molecule has 4 nitrogen and oxygen atoms in total. The molecule has 0 spiro atoms. The maximum Gasteiger partial charge on any atom is 0.242 e. The number of hydrogen-bond acceptors (Lipinski definition) is 3. The van der Waals surface area contributed by atoms with Crippen molar-refractivity contribution in [3.63, 3.8) is 0 Å². The number of H-pyrrole nitrogens is 1. The summed E-state index contributed by atoms with van der Waals surface area (Å²) >= 11 is 5.49. The molecule has 5 heteroatoms. The van der Waals surface area contributed by atoms with E-state index in [1.807, 2.05) is 0 Å². The molecular formula is C6H10ClN3O. The zero-order chi connectivity index (χ0) is 8.10. The second kappa shape index (κ2) is 4.31. The molecule has 1 aromatic heterocycles. The highest BCUT2D eigenvalue weighted by atomic mass is 35.5. The van der Waals surface area contributed by atoms with Crippen LogP contribution >= 0.6 is 11.6 Å². The van der Waals surface area contributed by atoms with Crippen molar-refractivity contribution in [2.24, 2.45) is 0 Å². The van der Waals surface area contributed by atoms with Crippen molar-refractivity contribution in [3.05, 3.63) is 11.1 Å². The van der Waals surface area contributed by atoms with Crippen molar-refractivity contribution in [2.75, 3.05) is 13.7 Å². The molecular weight excluding hydrogens is 166 g/mol. The Labute approximate surface area is 69.9 Å². The Morgan fingerprint density at radius 2 is 2.45 bits per heavy atom. The molecule has 0 fully saturated rings. The van der Waals surface area contributed by atoms with Crippen LogP contribution in [0.5, 0.6) is 0 Å². The molecule has 0 bridgehead atoms. The van der Waals surface area contributed by atoms with E-state index in [-0.39, 0.29) is 5.28 Å². The van der Waals surface area contributed by atoms with Gasteiger partial charge in [0.25, 0.3) is 0 Å². The number of rotatable bonds is 4. The summed E-state index contributed by atoms with van der Waals surface area (Å²) in [7, 11) is 1.67. The fourth-order valence-electron chi connectivity index (χ4n) is 0.768. The summed E-state index contributed by atoms with van der Waals surface area (Å²) in [6.45, 7) is 0.734. The van der Waals surface area contributed by atoms with Crippen LogP contribution in [-0.4, -0.2) is 28.9 Å². The number of halogens is 1. The molecule has 11 heavy (non-hydrogen) atoms. The van der Waals surface area contributed by atoms with Gasteiger partial charge in [0.2, 0.25) is 5.28 Å². The molecule has 0 aromatic carbocycles. The van der Waals surface area contributed by atoms with E-state index in [2.05, 4.69) is 15.2 Å². The van der Waals surface area contributed by atoms with Gasteiger partial charge in [-0.05, 0) is 18.0 Å². The smallest absolute Gasteiger partial charge is 0.242 e. The van der Waals surface area contributed by atoms with E-state index in [1.54, 1.807) is 7.11 Å². The highest BCUT2D eigenvalue weighted by Crippen LogP contribution is 2.00. The molecule has 0 aliphatic heterocycles. The summed E-state index contributed by atoms with van der Waals surface area (Å²) in [5.74, 6) is 0.812. The average molecular weight is 176 g/mol. The minimum atomic E-state index is 0.275. The number of nitrogens with one attached hydrogen (secondary N) is 1. The summed E-state index contributed by atoms with van der Waals surface area (Å²) in [5.41, 5.74) is 0. The first-order valence-electron chi connectivity index (χ1n) is 3.38. The lowest BCUT2D eigenvalue weighted by Crippen LogP contribution is -1.94. The average Bonchev–Trinajstić information content (AvgIpc) is 2.37. The van der Waals surface area contributed by atoms with Crippen LogP contribution in [0.3, 0.4) is 0 Å². The van der Waals surface area contributed by atoms with Crippen molar-refractivity contribution in [3.8, 4) is 0 Å². The molecule has 0 atom stereocenters. The van der Waals surface area contributed by atoms with Gasteiger partial charge in [-0.25, -0.2) is 4.98 Å². The zero-order valence-electron chi connectivity index (χ0n) is 6.30. The van der Waals surface area contributed by atoms with Crippen LogP contribution in [0.1, 0.15) is 12.2 Å². The maximum atomic E-state index is 5.49. The molecule has 0 amide bonds. The standard InChI is InChI=1S/C6H10ClN3O/c1-11-4-2-3-5-8-6(7)10-9-5/h2-4H2,1H3,(H,8,9,10). The minimum Gasteiger partial charge on any atom is -0.385 e. The Balaban J connectivity index is 2.27. The van der Waals surface area contributed by atoms with Crippen molar-refractivity contribution in [1.29, 1.82) is 0 Å². The first-order chi connectivity index (χ1) is 5.33. The Morgan fingerprint density at radius 1 is 1.64 bits per heavy atom. The van der Waals surface area contributed by atoms with Crippen molar-refractivity contribution >= 4 is 11.6 Å². The number of aryl methyl sites for hydroxylation is 1. The van der Waals surface area contributed by atoms with Crippen LogP contribution in [0.15, 0.2) is 0 Å². The summed E-state index contributed by atoms with van der Waals surface area (Å²) in [6, 6.07) is 0. The van der Waals surface area contributed by atoms with Crippen LogP contribution in [-0.2, 0) is 11.2 Å². The normalized spacial score (nSPS) is 10.4. The van der Waals surface area contributed by atoms with Crippen LogP contribution in [0.2, 0.25) is 5.28 Å². The van der Waals surface area contributed by atoms with Crippen molar-refractivity contribution in [2.45, 2.75) is 12.8 Å². The van der Waals surface area contributed by atoms with Gasteiger partial charge < -0.3 is 4.74 Å². The van der Waals surface area contributed by atoms with Crippen LogP contribution in [0.25, 0.3) is 0 Å². The van der Waals surface area contributed by atoms with E-state index >= 15 is 0 Å². The number of aromatic amines is 1. The molecule has 1 aromatic rings. The van der Waals surface area contributed by atoms with Gasteiger partial charge in [0.1, 0.15) is 5.82 Å². The highest BCUT2D eigenvalue weighted by Gasteiger charge is 1.98. The van der Waals surface area contributed by atoms with E-state index in [9.17, 15) is 0 Å². The Bertz CT molecular complexity index is 213. The Morgan fingerprint density at radius 3 is 3.00 bits per heavy atom. The highest BCUT2D eigenvalue weighted by molar-refractivity contribution is 6.28. The van der Waals surface area contributed by atoms with Gasteiger partial charge in [0.15, 0.2) is 0 Å². The largest absolute Gasteiger partial charge is 0.385 e. The lowest BCUT2D eigenvalue weighted by atomic mass is 10.3.